The van der Waals surface area contributed by atoms with E-state index in [2.05, 4.69) is 4.98 Å². The Morgan fingerprint density at radius 3 is 2.80 bits per heavy atom. The molecule has 1 saturated carbocycles. The molecule has 0 amide bonds. The average Bonchev–Trinajstić information content (AvgIpc) is 3.12. The van der Waals surface area contributed by atoms with Crippen molar-refractivity contribution in [3.8, 4) is 0 Å². The van der Waals surface area contributed by atoms with Crippen LogP contribution in [0.1, 0.15) is 19.3 Å². The Balaban J connectivity index is 2.01. The molecule has 1 heterocycles. The van der Waals surface area contributed by atoms with Crippen LogP contribution in [-0.2, 0) is 11.3 Å². The smallest absolute Gasteiger partial charge is 0.184 e. The Kier molecular flexibility index (Phi) is 3.38. The summed E-state index contributed by atoms with van der Waals surface area (Å²) in [4.78, 5) is 2.94. The van der Waals surface area contributed by atoms with Gasteiger partial charge in [0.15, 0.2) is 16.4 Å². The van der Waals surface area contributed by atoms with Crippen LogP contribution in [0.25, 0.3) is 11.0 Å². The summed E-state index contributed by atoms with van der Waals surface area (Å²) in [7, 11) is 1.67. The lowest BCUT2D eigenvalue weighted by molar-refractivity contribution is 0.167. The lowest BCUT2D eigenvalue weighted by Gasteiger charge is -2.16. The van der Waals surface area contributed by atoms with Crippen LogP contribution in [0.4, 0.5) is 8.78 Å². The van der Waals surface area contributed by atoms with Gasteiger partial charge in [-0.3, -0.25) is 0 Å². The molecular weight excluding hydrogens is 282 g/mol. The van der Waals surface area contributed by atoms with Gasteiger partial charge in [0.2, 0.25) is 0 Å². The van der Waals surface area contributed by atoms with Gasteiger partial charge in [-0.15, -0.1) is 0 Å². The summed E-state index contributed by atoms with van der Waals surface area (Å²) in [6, 6.07) is 2.64. The van der Waals surface area contributed by atoms with E-state index in [-0.39, 0.29) is 10.9 Å². The molecule has 20 heavy (non-hydrogen) atoms. The number of aromatic nitrogens is 2. The number of methoxy groups -OCH3 is 1. The van der Waals surface area contributed by atoms with Crippen molar-refractivity contribution in [1.29, 1.82) is 0 Å². The molecule has 0 aliphatic heterocycles. The van der Waals surface area contributed by atoms with E-state index >= 15 is 0 Å². The molecule has 1 aromatic carbocycles. The highest BCUT2D eigenvalue weighted by atomic mass is 32.1. The van der Waals surface area contributed by atoms with E-state index in [4.69, 9.17) is 17.0 Å². The van der Waals surface area contributed by atoms with E-state index in [9.17, 15) is 8.78 Å². The molecule has 1 fully saturated rings. The molecule has 1 aliphatic rings. The fourth-order valence-electron chi connectivity index (χ4n) is 2.66. The number of hydrogen-bond acceptors (Lipinski definition) is 2. The van der Waals surface area contributed by atoms with E-state index in [0.717, 1.165) is 25.3 Å². The molecular formula is C14H16F2N2OS. The van der Waals surface area contributed by atoms with E-state index in [0.29, 0.717) is 23.4 Å². The van der Waals surface area contributed by atoms with Gasteiger partial charge >= 0.3 is 0 Å². The number of halogens is 2. The van der Waals surface area contributed by atoms with Gasteiger partial charge in [-0.2, -0.15) is 0 Å². The normalized spacial score (nSPS) is 16.8. The maximum absolute atomic E-state index is 14.0. The molecule has 1 N–H and O–H groups in total. The van der Waals surface area contributed by atoms with Crippen molar-refractivity contribution in [1.82, 2.24) is 9.55 Å². The molecule has 0 bridgehead atoms. The molecule has 3 rings (SSSR count). The maximum atomic E-state index is 14.0. The maximum Gasteiger partial charge on any atom is 0.184 e. The summed E-state index contributed by atoms with van der Waals surface area (Å²) < 4.78 is 34.7. The highest BCUT2D eigenvalue weighted by molar-refractivity contribution is 7.71. The number of benzene rings is 1. The predicted octanol–water partition coefficient (Wildman–Crippen LogP) is 3.79. The summed E-state index contributed by atoms with van der Waals surface area (Å²) in [5.74, 6) is -1.68. The van der Waals surface area contributed by atoms with Gasteiger partial charge in [-0.05, 0) is 49.0 Å². The van der Waals surface area contributed by atoms with Crippen LogP contribution in [-0.4, -0.2) is 23.3 Å². The zero-order chi connectivity index (χ0) is 14.3. The van der Waals surface area contributed by atoms with Gasteiger partial charge in [0, 0.05) is 20.3 Å². The second kappa shape index (κ2) is 4.93. The third-order valence-corrected chi connectivity index (χ3v) is 4.44. The molecule has 2 aromatic rings. The van der Waals surface area contributed by atoms with Crippen molar-refractivity contribution < 1.29 is 13.5 Å². The van der Waals surface area contributed by atoms with Gasteiger partial charge in [0.1, 0.15) is 5.52 Å². The number of H-pyrrole nitrogens is 1. The Labute approximate surface area is 120 Å². The molecule has 1 aromatic heterocycles. The van der Waals surface area contributed by atoms with Crippen molar-refractivity contribution in [2.45, 2.75) is 25.8 Å². The largest absolute Gasteiger partial charge is 0.385 e. The van der Waals surface area contributed by atoms with E-state index < -0.39 is 11.6 Å². The zero-order valence-electron chi connectivity index (χ0n) is 11.2. The number of rotatable bonds is 5. The second-order valence-corrected chi connectivity index (χ2v) is 5.90. The standard InChI is InChI=1S/C14H16F2N2OS/c1-19-7-6-14(4-5-14)8-18-12-10(17-13(18)20)3-2-9(15)11(12)16/h2-3H,4-8H2,1H3,(H,17,20). The molecule has 6 heteroatoms. The quantitative estimate of drug-likeness (QED) is 0.851. The third kappa shape index (κ3) is 2.27. The third-order valence-electron chi connectivity index (χ3n) is 4.11. The Morgan fingerprint density at radius 2 is 2.15 bits per heavy atom. The van der Waals surface area contributed by atoms with Crippen LogP contribution >= 0.6 is 12.2 Å². The van der Waals surface area contributed by atoms with E-state index in [1.54, 1.807) is 11.7 Å². The number of aromatic amines is 1. The van der Waals surface area contributed by atoms with Gasteiger partial charge in [-0.25, -0.2) is 8.78 Å². The van der Waals surface area contributed by atoms with Crippen LogP contribution < -0.4 is 0 Å². The first-order valence-corrected chi connectivity index (χ1v) is 7.03. The summed E-state index contributed by atoms with van der Waals surface area (Å²) in [6.07, 6.45) is 3.05. The first kappa shape index (κ1) is 13.7. The number of ether oxygens (including phenoxy) is 1. The molecule has 0 spiro atoms. The summed E-state index contributed by atoms with van der Waals surface area (Å²) >= 11 is 5.25. The molecule has 3 nitrogen and oxygen atoms in total. The summed E-state index contributed by atoms with van der Waals surface area (Å²) in [5, 5.41) is 0. The fourth-order valence-corrected chi connectivity index (χ4v) is 2.92. The summed E-state index contributed by atoms with van der Waals surface area (Å²) in [6.45, 7) is 1.28. The zero-order valence-corrected chi connectivity index (χ0v) is 12.0. The lowest BCUT2D eigenvalue weighted by Crippen LogP contribution is -2.14. The number of hydrogen-bond donors (Lipinski definition) is 1. The van der Waals surface area contributed by atoms with Crippen LogP contribution in [0, 0.1) is 21.8 Å². The fraction of sp³-hybridized carbons (Fsp3) is 0.500. The highest BCUT2D eigenvalue weighted by Gasteiger charge is 2.42. The monoisotopic (exact) mass is 298 g/mol. The van der Waals surface area contributed by atoms with Gasteiger partial charge in [-0.1, -0.05) is 0 Å². The molecule has 0 radical (unpaired) electrons. The Morgan fingerprint density at radius 1 is 1.40 bits per heavy atom. The number of imidazole rings is 1. The first-order valence-electron chi connectivity index (χ1n) is 6.62. The average molecular weight is 298 g/mol. The molecule has 0 unspecified atom stereocenters. The summed E-state index contributed by atoms with van der Waals surface area (Å²) in [5.41, 5.74) is 0.886. The predicted molar refractivity (Wildman–Crippen MR) is 75.2 cm³/mol. The SMILES string of the molecule is COCCC1(Cn2c(=S)[nH]c3ccc(F)c(F)c32)CC1. The second-order valence-electron chi connectivity index (χ2n) is 5.52. The van der Waals surface area contributed by atoms with Crippen LogP contribution in [0.2, 0.25) is 0 Å². The highest BCUT2D eigenvalue weighted by Crippen LogP contribution is 2.50. The van der Waals surface area contributed by atoms with Crippen molar-refractivity contribution in [2.75, 3.05) is 13.7 Å². The van der Waals surface area contributed by atoms with Crippen molar-refractivity contribution in [3.05, 3.63) is 28.5 Å². The number of nitrogens with one attached hydrogen (secondary N) is 1. The minimum Gasteiger partial charge on any atom is -0.385 e. The molecule has 1 aliphatic carbocycles. The topological polar surface area (TPSA) is 29.9 Å². The Hall–Kier alpha value is -1.27. The Bertz CT molecular complexity index is 703. The number of nitrogens with zero attached hydrogens (tertiary/aromatic N) is 1. The molecule has 0 saturated heterocycles. The van der Waals surface area contributed by atoms with Crippen LogP contribution in [0.5, 0.6) is 0 Å². The first-order chi connectivity index (χ1) is 9.56. The van der Waals surface area contributed by atoms with Crippen molar-refractivity contribution in [3.63, 3.8) is 0 Å². The van der Waals surface area contributed by atoms with Gasteiger partial charge in [0.25, 0.3) is 0 Å². The van der Waals surface area contributed by atoms with E-state index in [1.807, 2.05) is 0 Å². The van der Waals surface area contributed by atoms with Crippen LogP contribution in [0.15, 0.2) is 12.1 Å². The van der Waals surface area contributed by atoms with Gasteiger partial charge < -0.3 is 14.3 Å². The minimum absolute atomic E-state index is 0.113. The molecule has 108 valence electrons. The van der Waals surface area contributed by atoms with E-state index in [1.165, 1.54) is 6.07 Å². The number of fused-ring (bicyclic) bond motifs is 1. The van der Waals surface area contributed by atoms with Crippen LogP contribution in [0.3, 0.4) is 0 Å². The lowest BCUT2D eigenvalue weighted by atomic mass is 10.0. The van der Waals surface area contributed by atoms with Crippen molar-refractivity contribution >= 4 is 23.3 Å². The van der Waals surface area contributed by atoms with Gasteiger partial charge in [0.05, 0.1) is 5.52 Å². The minimum atomic E-state index is -0.845. The molecule has 0 atom stereocenters. The van der Waals surface area contributed by atoms with Crippen molar-refractivity contribution in [2.24, 2.45) is 5.41 Å².